The van der Waals surface area contributed by atoms with Crippen molar-refractivity contribution in [3.63, 3.8) is 0 Å². The molecule has 6 nitrogen and oxygen atoms in total. The van der Waals surface area contributed by atoms with Crippen molar-refractivity contribution in [2.75, 3.05) is 5.32 Å². The molecule has 2 rings (SSSR count). The van der Waals surface area contributed by atoms with Crippen LogP contribution in [-0.4, -0.2) is 22.1 Å². The number of urea groups is 1. The molecule has 8 heteroatoms. The number of anilines is 1. The second-order valence-electron chi connectivity index (χ2n) is 3.72. The summed E-state index contributed by atoms with van der Waals surface area (Å²) in [6.45, 7) is 0.0677. The number of rotatable bonds is 4. The maximum absolute atomic E-state index is 13.3. The first-order valence-corrected chi connectivity index (χ1v) is 6.41. The van der Waals surface area contributed by atoms with Crippen LogP contribution in [0.25, 0.3) is 0 Å². The van der Waals surface area contributed by atoms with Crippen LogP contribution in [0.5, 0.6) is 0 Å². The number of nitrogens with one attached hydrogen (secondary N) is 2. The number of carboxylic acid groups (broad SMARTS) is 1. The van der Waals surface area contributed by atoms with Gasteiger partial charge in [-0.1, -0.05) is 12.1 Å². The minimum Gasteiger partial charge on any atom is -0.476 e. The molecule has 0 saturated heterocycles. The number of benzene rings is 1. The average molecular weight is 295 g/mol. The lowest BCUT2D eigenvalue weighted by molar-refractivity contribution is 0.0691. The van der Waals surface area contributed by atoms with Gasteiger partial charge in [0.15, 0.2) is 5.69 Å². The van der Waals surface area contributed by atoms with Gasteiger partial charge in [-0.2, -0.15) is 0 Å². The number of aromatic carboxylic acids is 1. The number of aromatic nitrogens is 1. The molecule has 1 aromatic heterocycles. The van der Waals surface area contributed by atoms with Crippen molar-refractivity contribution in [1.82, 2.24) is 10.3 Å². The van der Waals surface area contributed by atoms with Crippen LogP contribution in [0.15, 0.2) is 29.6 Å². The largest absolute Gasteiger partial charge is 0.476 e. The SMILES string of the molecule is O=C(NCc1nc(C(=O)O)cs1)Nc1ccccc1F. The number of nitrogens with zero attached hydrogens (tertiary/aromatic N) is 1. The molecule has 0 saturated carbocycles. The lowest BCUT2D eigenvalue weighted by Gasteiger charge is -2.06. The van der Waals surface area contributed by atoms with Gasteiger partial charge in [0.05, 0.1) is 12.2 Å². The summed E-state index contributed by atoms with van der Waals surface area (Å²) in [6, 6.07) is 5.18. The summed E-state index contributed by atoms with van der Waals surface area (Å²) in [7, 11) is 0. The summed E-state index contributed by atoms with van der Waals surface area (Å²) in [5.41, 5.74) is -0.00308. The molecule has 104 valence electrons. The van der Waals surface area contributed by atoms with Gasteiger partial charge in [0.25, 0.3) is 0 Å². The Morgan fingerprint density at radius 2 is 2.10 bits per heavy atom. The highest BCUT2D eigenvalue weighted by Crippen LogP contribution is 2.12. The molecule has 3 N–H and O–H groups in total. The molecule has 0 bridgehead atoms. The second kappa shape index (κ2) is 6.11. The Balaban J connectivity index is 1.89. The number of hydrogen-bond donors (Lipinski definition) is 3. The van der Waals surface area contributed by atoms with Gasteiger partial charge in [0.2, 0.25) is 0 Å². The third-order valence-electron chi connectivity index (χ3n) is 2.29. The molecule has 0 aliphatic heterocycles. The van der Waals surface area contributed by atoms with Crippen molar-refractivity contribution in [3.8, 4) is 0 Å². The Hall–Kier alpha value is -2.48. The molecule has 0 spiro atoms. The van der Waals surface area contributed by atoms with E-state index in [0.717, 1.165) is 11.3 Å². The minimum atomic E-state index is -1.12. The first kappa shape index (κ1) is 13.9. The minimum absolute atomic E-state index is 0.0652. The highest BCUT2D eigenvalue weighted by molar-refractivity contribution is 7.09. The average Bonchev–Trinajstić information content (AvgIpc) is 2.88. The predicted molar refractivity (Wildman–Crippen MR) is 71.3 cm³/mol. The van der Waals surface area contributed by atoms with Crippen LogP contribution in [-0.2, 0) is 6.54 Å². The van der Waals surface area contributed by atoms with Gasteiger partial charge in [-0.05, 0) is 12.1 Å². The molecule has 0 unspecified atom stereocenters. The van der Waals surface area contributed by atoms with Gasteiger partial charge >= 0.3 is 12.0 Å². The molecule has 1 heterocycles. The van der Waals surface area contributed by atoms with Crippen LogP contribution in [0.1, 0.15) is 15.5 Å². The van der Waals surface area contributed by atoms with E-state index in [1.165, 1.54) is 23.6 Å². The summed E-state index contributed by atoms with van der Waals surface area (Å²) in [5.74, 6) is -1.66. The third-order valence-corrected chi connectivity index (χ3v) is 3.14. The summed E-state index contributed by atoms with van der Waals surface area (Å²) in [4.78, 5) is 26.0. The van der Waals surface area contributed by atoms with E-state index in [9.17, 15) is 14.0 Å². The zero-order valence-corrected chi connectivity index (χ0v) is 10.9. The number of carbonyl (C=O) groups excluding carboxylic acids is 1. The van der Waals surface area contributed by atoms with Gasteiger partial charge < -0.3 is 15.7 Å². The van der Waals surface area contributed by atoms with E-state index in [2.05, 4.69) is 15.6 Å². The Morgan fingerprint density at radius 3 is 2.75 bits per heavy atom. The molecular formula is C12H10FN3O3S. The van der Waals surface area contributed by atoms with Crippen LogP contribution in [0.4, 0.5) is 14.9 Å². The van der Waals surface area contributed by atoms with Gasteiger partial charge in [-0.25, -0.2) is 19.0 Å². The topological polar surface area (TPSA) is 91.3 Å². The maximum Gasteiger partial charge on any atom is 0.355 e. The van der Waals surface area contributed by atoms with E-state index in [4.69, 9.17) is 5.11 Å². The molecule has 0 atom stereocenters. The lowest BCUT2D eigenvalue weighted by atomic mass is 10.3. The Morgan fingerprint density at radius 1 is 1.35 bits per heavy atom. The molecule has 2 aromatic rings. The third kappa shape index (κ3) is 3.51. The molecule has 1 aromatic carbocycles. The van der Waals surface area contributed by atoms with E-state index in [1.54, 1.807) is 6.07 Å². The fourth-order valence-electron chi connectivity index (χ4n) is 1.38. The number of halogens is 1. The van der Waals surface area contributed by atoms with E-state index in [1.807, 2.05) is 0 Å². The number of carbonyl (C=O) groups is 2. The summed E-state index contributed by atoms with van der Waals surface area (Å²) in [6.07, 6.45) is 0. The first-order valence-electron chi connectivity index (χ1n) is 5.53. The zero-order valence-electron chi connectivity index (χ0n) is 10.1. The highest BCUT2D eigenvalue weighted by atomic mass is 32.1. The Labute approximate surface area is 117 Å². The number of hydrogen-bond acceptors (Lipinski definition) is 4. The van der Waals surface area contributed by atoms with E-state index < -0.39 is 17.8 Å². The number of thiazole rings is 1. The fourth-order valence-corrected chi connectivity index (χ4v) is 2.08. The lowest BCUT2D eigenvalue weighted by Crippen LogP contribution is -2.28. The van der Waals surface area contributed by atoms with Crippen molar-refractivity contribution in [1.29, 1.82) is 0 Å². The second-order valence-corrected chi connectivity index (χ2v) is 4.66. The van der Waals surface area contributed by atoms with Crippen LogP contribution in [0.2, 0.25) is 0 Å². The van der Waals surface area contributed by atoms with Gasteiger partial charge in [0.1, 0.15) is 10.8 Å². The molecule has 0 aliphatic rings. The van der Waals surface area contributed by atoms with Crippen molar-refractivity contribution < 1.29 is 19.1 Å². The number of carboxylic acids is 1. The van der Waals surface area contributed by atoms with Crippen molar-refractivity contribution in [3.05, 3.63) is 46.2 Å². The summed E-state index contributed by atoms with van der Waals surface area (Å²) in [5, 5.41) is 15.3. The fraction of sp³-hybridized carbons (Fsp3) is 0.0833. The molecule has 0 radical (unpaired) electrons. The van der Waals surface area contributed by atoms with Crippen molar-refractivity contribution >= 4 is 29.0 Å². The van der Waals surface area contributed by atoms with Crippen LogP contribution < -0.4 is 10.6 Å². The van der Waals surface area contributed by atoms with Gasteiger partial charge in [-0.3, -0.25) is 0 Å². The normalized spacial score (nSPS) is 10.1. The monoisotopic (exact) mass is 295 g/mol. The molecule has 2 amide bonds. The predicted octanol–water partition coefficient (Wildman–Crippen LogP) is 2.30. The molecular weight excluding hydrogens is 285 g/mol. The van der Waals surface area contributed by atoms with E-state index in [0.29, 0.717) is 5.01 Å². The van der Waals surface area contributed by atoms with Crippen molar-refractivity contribution in [2.24, 2.45) is 0 Å². The highest BCUT2D eigenvalue weighted by Gasteiger charge is 2.10. The molecule has 20 heavy (non-hydrogen) atoms. The van der Waals surface area contributed by atoms with Crippen LogP contribution >= 0.6 is 11.3 Å². The first-order chi connectivity index (χ1) is 9.56. The molecule has 0 fully saturated rings. The van der Waals surface area contributed by atoms with Crippen LogP contribution in [0.3, 0.4) is 0 Å². The maximum atomic E-state index is 13.3. The number of para-hydroxylation sites is 1. The van der Waals surface area contributed by atoms with Crippen LogP contribution in [0, 0.1) is 5.82 Å². The van der Waals surface area contributed by atoms with E-state index >= 15 is 0 Å². The summed E-state index contributed by atoms with van der Waals surface area (Å²) >= 11 is 1.12. The Kier molecular flexibility index (Phi) is 4.26. The Bertz CT molecular complexity index is 644. The quantitative estimate of drug-likeness (QED) is 0.807. The number of amides is 2. The smallest absolute Gasteiger partial charge is 0.355 e. The standard InChI is InChI=1S/C12H10FN3O3S/c13-7-3-1-2-4-8(7)16-12(19)14-5-10-15-9(6-20-10)11(17)18/h1-4,6H,5H2,(H,17,18)(H2,14,16,19). The van der Waals surface area contributed by atoms with Gasteiger partial charge in [0, 0.05) is 5.38 Å². The summed E-state index contributed by atoms with van der Waals surface area (Å²) < 4.78 is 13.3. The zero-order chi connectivity index (χ0) is 14.5. The van der Waals surface area contributed by atoms with E-state index in [-0.39, 0.29) is 17.9 Å². The molecule has 0 aliphatic carbocycles. The van der Waals surface area contributed by atoms with Crippen molar-refractivity contribution in [2.45, 2.75) is 6.54 Å². The van der Waals surface area contributed by atoms with Gasteiger partial charge in [-0.15, -0.1) is 11.3 Å².